The Kier molecular flexibility index (Phi) is 6.21. The molecule has 8 heteroatoms. The maximum absolute atomic E-state index is 13.4. The van der Waals surface area contributed by atoms with Crippen molar-refractivity contribution in [3.05, 3.63) is 93.4 Å². The van der Waals surface area contributed by atoms with Crippen molar-refractivity contribution in [1.29, 1.82) is 0 Å². The summed E-state index contributed by atoms with van der Waals surface area (Å²) in [6.07, 6.45) is 0. The smallest absolute Gasteiger partial charge is 0.258 e. The van der Waals surface area contributed by atoms with Crippen LogP contribution in [0, 0.1) is 11.8 Å². The van der Waals surface area contributed by atoms with Gasteiger partial charge in [-0.15, -0.1) is 0 Å². The summed E-state index contributed by atoms with van der Waals surface area (Å²) in [4.78, 5) is 41.1. The number of likely N-dealkylation sites (tertiary alicyclic amines) is 1. The first-order valence-electron chi connectivity index (χ1n) is 11.6. The summed E-state index contributed by atoms with van der Waals surface area (Å²) in [5.74, 6) is -1.38. The van der Waals surface area contributed by atoms with Crippen molar-refractivity contribution in [2.24, 2.45) is 11.8 Å². The molecule has 2 aromatic carbocycles. The van der Waals surface area contributed by atoms with Crippen LogP contribution in [0.25, 0.3) is 11.1 Å². The molecular weight excluding hydrogens is 466 g/mol. The zero-order valence-electron chi connectivity index (χ0n) is 19.2. The first-order chi connectivity index (χ1) is 16.9. The molecule has 3 heterocycles. The summed E-state index contributed by atoms with van der Waals surface area (Å²) in [7, 11) is 0. The third-order valence-corrected chi connectivity index (χ3v) is 7.57. The van der Waals surface area contributed by atoms with Crippen LogP contribution >= 0.6 is 11.6 Å². The first kappa shape index (κ1) is 23.3. The number of hydrogen-bond donors (Lipinski definition) is 2. The number of benzene rings is 2. The van der Waals surface area contributed by atoms with Crippen molar-refractivity contribution >= 4 is 23.4 Å². The van der Waals surface area contributed by atoms with Gasteiger partial charge in [0, 0.05) is 54.7 Å². The van der Waals surface area contributed by atoms with Gasteiger partial charge in [0.25, 0.3) is 5.56 Å². The molecule has 1 aromatic heterocycles. The van der Waals surface area contributed by atoms with Crippen molar-refractivity contribution in [3.63, 3.8) is 0 Å². The van der Waals surface area contributed by atoms with E-state index < -0.39 is 18.0 Å². The second-order valence-electron chi connectivity index (χ2n) is 9.09. The topological polar surface area (TPSA) is 91.6 Å². The summed E-state index contributed by atoms with van der Waals surface area (Å²) in [6.45, 7) is 1.70. The van der Waals surface area contributed by atoms with Crippen LogP contribution in [0.15, 0.2) is 71.5 Å². The highest BCUT2D eigenvalue weighted by molar-refractivity contribution is 6.31. The van der Waals surface area contributed by atoms with E-state index in [1.807, 2.05) is 54.6 Å². The van der Waals surface area contributed by atoms with Crippen LogP contribution in [0.4, 0.5) is 0 Å². The molecule has 2 aliphatic rings. The average Bonchev–Trinajstić information content (AvgIpc) is 3.39. The molecule has 0 radical (unpaired) electrons. The molecule has 4 atom stereocenters. The quantitative estimate of drug-likeness (QED) is 0.574. The van der Waals surface area contributed by atoms with Crippen LogP contribution in [0.5, 0.6) is 0 Å². The predicted molar refractivity (Wildman–Crippen MR) is 133 cm³/mol. The fraction of sp³-hybridized carbons (Fsp3) is 0.296. The second kappa shape index (κ2) is 9.32. The van der Waals surface area contributed by atoms with Crippen molar-refractivity contribution in [1.82, 2.24) is 14.8 Å². The number of nitrogens with zero attached hydrogens (tertiary/aromatic N) is 2. The normalized spacial score (nSPS) is 22.5. The van der Waals surface area contributed by atoms with Gasteiger partial charge in [-0.2, -0.15) is 0 Å². The number of carbonyl (C=O) groups excluding carboxylic acids is 2. The second-order valence-corrected chi connectivity index (χ2v) is 9.50. The molecular formula is C27H26ClN3O4. The third kappa shape index (κ3) is 3.94. The molecule has 0 bridgehead atoms. The van der Waals surface area contributed by atoms with Crippen molar-refractivity contribution in [2.75, 3.05) is 6.61 Å². The van der Waals surface area contributed by atoms with Crippen LogP contribution < -0.4 is 10.9 Å². The van der Waals surface area contributed by atoms with Crippen molar-refractivity contribution in [3.8, 4) is 11.1 Å². The summed E-state index contributed by atoms with van der Waals surface area (Å²) in [6, 6.07) is 19.0. The van der Waals surface area contributed by atoms with Gasteiger partial charge in [-0.1, -0.05) is 60.1 Å². The van der Waals surface area contributed by atoms with Gasteiger partial charge in [0.05, 0.1) is 6.04 Å². The van der Waals surface area contributed by atoms with Crippen molar-refractivity contribution in [2.45, 2.75) is 32.1 Å². The summed E-state index contributed by atoms with van der Waals surface area (Å²) in [5.41, 5.74) is 2.72. The summed E-state index contributed by atoms with van der Waals surface area (Å²) in [5, 5.41) is 13.7. The maximum Gasteiger partial charge on any atom is 0.258 e. The standard InChI is InChI=1S/C27H26ClN3O4/c1-16(33)31-24-20(14-30-23(24)12-11-19(27(30)35)17-7-3-2-4-8-17)21(15-32)25(31)26(34)29-13-18-9-5-6-10-22(18)28/h2-12,20-21,24-25,32H,13-15H2,1H3,(H,29,34)/t20-,21-,24+,25-/m0/s1. The first-order valence-corrected chi connectivity index (χ1v) is 12.0. The van der Waals surface area contributed by atoms with E-state index in [1.165, 1.54) is 11.8 Å². The molecule has 0 spiro atoms. The summed E-state index contributed by atoms with van der Waals surface area (Å²) >= 11 is 6.22. The van der Waals surface area contributed by atoms with E-state index >= 15 is 0 Å². The van der Waals surface area contributed by atoms with Crippen LogP contribution in [-0.4, -0.2) is 39.0 Å². The van der Waals surface area contributed by atoms with Crippen molar-refractivity contribution < 1.29 is 14.7 Å². The lowest BCUT2D eigenvalue weighted by molar-refractivity contribution is -0.140. The van der Waals surface area contributed by atoms with Gasteiger partial charge in [-0.05, 0) is 29.3 Å². The summed E-state index contributed by atoms with van der Waals surface area (Å²) < 4.78 is 1.69. The monoisotopic (exact) mass is 491 g/mol. The Morgan fingerprint density at radius 2 is 1.77 bits per heavy atom. The number of carbonyl (C=O) groups is 2. The fourth-order valence-corrected chi connectivity index (χ4v) is 5.82. The number of aromatic nitrogens is 1. The Balaban J connectivity index is 1.48. The Morgan fingerprint density at radius 1 is 1.06 bits per heavy atom. The van der Waals surface area contributed by atoms with Gasteiger partial charge in [0.1, 0.15) is 6.04 Å². The highest BCUT2D eigenvalue weighted by Crippen LogP contribution is 2.49. The highest BCUT2D eigenvalue weighted by Gasteiger charge is 2.56. The molecule has 180 valence electrons. The number of amides is 2. The minimum Gasteiger partial charge on any atom is -0.396 e. The van der Waals surface area contributed by atoms with Crippen LogP contribution in [-0.2, 0) is 22.7 Å². The van der Waals surface area contributed by atoms with Crippen LogP contribution in [0.2, 0.25) is 5.02 Å². The molecule has 35 heavy (non-hydrogen) atoms. The largest absolute Gasteiger partial charge is 0.396 e. The van der Waals surface area contributed by atoms with E-state index in [9.17, 15) is 19.5 Å². The number of nitrogens with one attached hydrogen (secondary N) is 1. The van der Waals surface area contributed by atoms with E-state index in [2.05, 4.69) is 5.32 Å². The Hall–Kier alpha value is -3.42. The highest BCUT2D eigenvalue weighted by atomic mass is 35.5. The molecule has 2 aliphatic heterocycles. The van der Waals surface area contributed by atoms with Gasteiger partial charge >= 0.3 is 0 Å². The molecule has 0 aliphatic carbocycles. The van der Waals surface area contributed by atoms with Gasteiger partial charge in [0.2, 0.25) is 11.8 Å². The Bertz CT molecular complexity index is 1340. The number of pyridine rings is 1. The molecule has 2 amide bonds. The Labute approximate surface area is 208 Å². The predicted octanol–water partition coefficient (Wildman–Crippen LogP) is 3.00. The molecule has 0 saturated carbocycles. The van der Waals surface area contributed by atoms with Crippen LogP contribution in [0.1, 0.15) is 24.2 Å². The van der Waals surface area contributed by atoms with Gasteiger partial charge < -0.3 is 19.9 Å². The van der Waals surface area contributed by atoms with Gasteiger partial charge in [-0.3, -0.25) is 14.4 Å². The molecule has 1 fully saturated rings. The van der Waals surface area contributed by atoms with Crippen LogP contribution in [0.3, 0.4) is 0 Å². The fourth-order valence-electron chi connectivity index (χ4n) is 5.61. The van der Waals surface area contributed by atoms with E-state index in [-0.39, 0.29) is 36.4 Å². The number of hydrogen-bond acceptors (Lipinski definition) is 4. The number of aliphatic hydroxyl groups excluding tert-OH is 1. The molecule has 2 N–H and O–H groups in total. The van der Waals surface area contributed by atoms with E-state index in [4.69, 9.17) is 11.6 Å². The minimum absolute atomic E-state index is 0.136. The molecule has 3 aromatic rings. The lowest BCUT2D eigenvalue weighted by Crippen LogP contribution is -2.49. The van der Waals surface area contributed by atoms with E-state index in [1.54, 1.807) is 16.7 Å². The minimum atomic E-state index is -0.840. The third-order valence-electron chi connectivity index (χ3n) is 7.20. The SMILES string of the molecule is CC(=O)N1[C@H](C(=O)NCc2ccccc2Cl)[C@@H](CO)[C@@H]2Cn3c(ccc(-c4ccccc4)c3=O)[C@@H]21. The molecule has 1 saturated heterocycles. The molecule has 0 unspecified atom stereocenters. The number of halogens is 1. The number of rotatable bonds is 5. The molecule has 7 nitrogen and oxygen atoms in total. The zero-order chi connectivity index (χ0) is 24.7. The molecule has 5 rings (SSSR count). The lowest BCUT2D eigenvalue weighted by Gasteiger charge is -2.30. The van der Waals surface area contributed by atoms with E-state index in [0.717, 1.165) is 11.1 Å². The number of aliphatic hydroxyl groups is 1. The Morgan fingerprint density at radius 3 is 2.46 bits per heavy atom. The van der Waals surface area contributed by atoms with Gasteiger partial charge in [0.15, 0.2) is 0 Å². The zero-order valence-corrected chi connectivity index (χ0v) is 20.0. The average molecular weight is 492 g/mol. The lowest BCUT2D eigenvalue weighted by atomic mass is 9.88. The maximum atomic E-state index is 13.4. The number of fused-ring (bicyclic) bond motifs is 3. The van der Waals surface area contributed by atoms with E-state index in [0.29, 0.717) is 22.8 Å². The van der Waals surface area contributed by atoms with Gasteiger partial charge in [-0.25, -0.2) is 0 Å².